The Morgan fingerprint density at radius 2 is 2.20 bits per heavy atom. The summed E-state index contributed by atoms with van der Waals surface area (Å²) in [5.41, 5.74) is 7.41. The van der Waals surface area contributed by atoms with E-state index in [1.807, 2.05) is 13.8 Å². The van der Waals surface area contributed by atoms with Crippen LogP contribution in [0.5, 0.6) is 0 Å². The number of benzene rings is 1. The SMILES string of the molecule is CCCNc1cc([N+](=O)[O-])c(N)cc1C. The van der Waals surface area contributed by atoms with Crippen LogP contribution in [0.4, 0.5) is 17.1 Å². The highest BCUT2D eigenvalue weighted by atomic mass is 16.6. The Hall–Kier alpha value is -1.78. The van der Waals surface area contributed by atoms with Crippen LogP contribution < -0.4 is 11.1 Å². The van der Waals surface area contributed by atoms with Crippen molar-refractivity contribution in [1.29, 1.82) is 0 Å². The van der Waals surface area contributed by atoms with Crippen LogP contribution >= 0.6 is 0 Å². The van der Waals surface area contributed by atoms with Crippen LogP contribution in [0.15, 0.2) is 12.1 Å². The molecule has 1 aromatic carbocycles. The standard InChI is InChI=1S/C10H15N3O2/c1-3-4-12-9-6-10(13(14)15)8(11)5-7(9)2/h5-6,12H,3-4,11H2,1-2H3. The summed E-state index contributed by atoms with van der Waals surface area (Å²) in [6, 6.07) is 3.11. The van der Waals surface area contributed by atoms with Crippen molar-refractivity contribution in [3.8, 4) is 0 Å². The van der Waals surface area contributed by atoms with Crippen molar-refractivity contribution in [2.45, 2.75) is 20.3 Å². The number of anilines is 2. The number of hydrogen-bond acceptors (Lipinski definition) is 4. The van der Waals surface area contributed by atoms with Gasteiger partial charge in [0, 0.05) is 18.3 Å². The van der Waals surface area contributed by atoms with Gasteiger partial charge in [0.15, 0.2) is 0 Å². The molecule has 0 radical (unpaired) electrons. The normalized spacial score (nSPS) is 10.0. The average Bonchev–Trinajstić information content (AvgIpc) is 2.16. The predicted octanol–water partition coefficient (Wildman–Crippen LogP) is 2.31. The number of nitrogens with zero attached hydrogens (tertiary/aromatic N) is 1. The first kappa shape index (κ1) is 11.3. The van der Waals surface area contributed by atoms with Gasteiger partial charge in [-0.05, 0) is 25.0 Å². The van der Waals surface area contributed by atoms with Gasteiger partial charge in [-0.25, -0.2) is 0 Å². The van der Waals surface area contributed by atoms with Gasteiger partial charge in [-0.1, -0.05) is 6.92 Å². The fourth-order valence-electron chi connectivity index (χ4n) is 1.33. The lowest BCUT2D eigenvalue weighted by Crippen LogP contribution is -2.04. The second kappa shape index (κ2) is 4.63. The molecule has 82 valence electrons. The summed E-state index contributed by atoms with van der Waals surface area (Å²) >= 11 is 0. The molecule has 1 rings (SSSR count). The van der Waals surface area contributed by atoms with Crippen molar-refractivity contribution < 1.29 is 4.92 Å². The van der Waals surface area contributed by atoms with Crippen LogP contribution in [0, 0.1) is 17.0 Å². The Kier molecular flexibility index (Phi) is 3.49. The summed E-state index contributed by atoms with van der Waals surface area (Å²) in [6.45, 7) is 4.70. The lowest BCUT2D eigenvalue weighted by atomic mass is 10.1. The van der Waals surface area contributed by atoms with Gasteiger partial charge in [0.05, 0.1) is 4.92 Å². The minimum absolute atomic E-state index is 0.0424. The molecule has 0 unspecified atom stereocenters. The molecular weight excluding hydrogens is 194 g/mol. The molecule has 3 N–H and O–H groups in total. The molecule has 0 amide bonds. The Morgan fingerprint density at radius 1 is 1.53 bits per heavy atom. The van der Waals surface area contributed by atoms with Crippen LogP contribution in [0.1, 0.15) is 18.9 Å². The number of nitrogens with one attached hydrogen (secondary N) is 1. The molecule has 5 heteroatoms. The van der Waals surface area contributed by atoms with Crippen LogP contribution in [0.2, 0.25) is 0 Å². The zero-order valence-electron chi connectivity index (χ0n) is 8.91. The molecule has 0 aliphatic rings. The lowest BCUT2D eigenvalue weighted by molar-refractivity contribution is -0.383. The van der Waals surface area contributed by atoms with Gasteiger partial charge in [-0.15, -0.1) is 0 Å². The number of nitro benzene ring substituents is 1. The van der Waals surface area contributed by atoms with Gasteiger partial charge in [0.25, 0.3) is 5.69 Å². The lowest BCUT2D eigenvalue weighted by Gasteiger charge is -2.09. The largest absolute Gasteiger partial charge is 0.393 e. The molecule has 0 aliphatic carbocycles. The molecule has 0 aliphatic heterocycles. The van der Waals surface area contributed by atoms with Crippen LogP contribution in [-0.4, -0.2) is 11.5 Å². The predicted molar refractivity (Wildman–Crippen MR) is 61.0 cm³/mol. The van der Waals surface area contributed by atoms with Crippen LogP contribution in [-0.2, 0) is 0 Å². The second-order valence-corrected chi connectivity index (χ2v) is 3.41. The molecule has 0 saturated heterocycles. The highest BCUT2D eigenvalue weighted by molar-refractivity contribution is 5.69. The maximum Gasteiger partial charge on any atom is 0.294 e. The van der Waals surface area contributed by atoms with Gasteiger partial charge < -0.3 is 11.1 Å². The summed E-state index contributed by atoms with van der Waals surface area (Å²) in [7, 11) is 0. The molecule has 1 aromatic rings. The number of hydrogen-bond donors (Lipinski definition) is 2. The summed E-state index contributed by atoms with van der Waals surface area (Å²) in [5.74, 6) is 0. The van der Waals surface area contributed by atoms with E-state index in [4.69, 9.17) is 5.73 Å². The van der Waals surface area contributed by atoms with E-state index in [-0.39, 0.29) is 11.4 Å². The number of nitrogens with two attached hydrogens (primary N) is 1. The van der Waals surface area contributed by atoms with Crippen molar-refractivity contribution in [3.63, 3.8) is 0 Å². The highest BCUT2D eigenvalue weighted by Gasteiger charge is 2.13. The van der Waals surface area contributed by atoms with Gasteiger partial charge in [0.2, 0.25) is 0 Å². The molecule has 0 saturated carbocycles. The van der Waals surface area contributed by atoms with Gasteiger partial charge in [-0.2, -0.15) is 0 Å². The number of rotatable bonds is 4. The number of nitro groups is 1. The molecule has 5 nitrogen and oxygen atoms in total. The number of aryl methyl sites for hydroxylation is 1. The van der Waals surface area contributed by atoms with E-state index in [1.54, 1.807) is 6.07 Å². The second-order valence-electron chi connectivity index (χ2n) is 3.41. The highest BCUT2D eigenvalue weighted by Crippen LogP contribution is 2.28. The first-order valence-corrected chi connectivity index (χ1v) is 4.84. The van der Waals surface area contributed by atoms with E-state index in [0.29, 0.717) is 0 Å². The molecule has 0 heterocycles. The third-order valence-corrected chi connectivity index (χ3v) is 2.14. The van der Waals surface area contributed by atoms with E-state index < -0.39 is 4.92 Å². The Morgan fingerprint density at radius 3 is 2.73 bits per heavy atom. The fraction of sp³-hybridized carbons (Fsp3) is 0.400. The molecule has 0 atom stereocenters. The Bertz CT molecular complexity index is 377. The zero-order chi connectivity index (χ0) is 11.4. The molecular formula is C10H15N3O2. The first-order valence-electron chi connectivity index (χ1n) is 4.84. The summed E-state index contributed by atoms with van der Waals surface area (Å²) < 4.78 is 0. The molecule has 15 heavy (non-hydrogen) atoms. The molecule has 0 bridgehead atoms. The van der Waals surface area contributed by atoms with Gasteiger partial charge in [-0.3, -0.25) is 10.1 Å². The van der Waals surface area contributed by atoms with Crippen molar-refractivity contribution in [2.24, 2.45) is 0 Å². The fourth-order valence-corrected chi connectivity index (χ4v) is 1.33. The van der Waals surface area contributed by atoms with Crippen molar-refractivity contribution in [1.82, 2.24) is 0 Å². The minimum Gasteiger partial charge on any atom is -0.393 e. The maximum atomic E-state index is 10.7. The number of nitrogen functional groups attached to an aromatic ring is 1. The maximum absolute atomic E-state index is 10.7. The first-order chi connectivity index (χ1) is 7.06. The summed E-state index contributed by atoms with van der Waals surface area (Å²) in [4.78, 5) is 10.2. The summed E-state index contributed by atoms with van der Waals surface area (Å²) in [5, 5.41) is 13.8. The van der Waals surface area contributed by atoms with E-state index >= 15 is 0 Å². The van der Waals surface area contributed by atoms with Crippen molar-refractivity contribution in [2.75, 3.05) is 17.6 Å². The zero-order valence-corrected chi connectivity index (χ0v) is 8.91. The van der Waals surface area contributed by atoms with E-state index in [0.717, 1.165) is 24.2 Å². The van der Waals surface area contributed by atoms with E-state index in [1.165, 1.54) is 6.07 Å². The van der Waals surface area contributed by atoms with Gasteiger partial charge >= 0.3 is 0 Å². The third kappa shape index (κ3) is 2.59. The average molecular weight is 209 g/mol. The van der Waals surface area contributed by atoms with Crippen molar-refractivity contribution >= 4 is 17.1 Å². The van der Waals surface area contributed by atoms with E-state index in [2.05, 4.69) is 5.32 Å². The molecule has 0 aromatic heterocycles. The van der Waals surface area contributed by atoms with Gasteiger partial charge in [0.1, 0.15) is 5.69 Å². The molecule has 0 spiro atoms. The van der Waals surface area contributed by atoms with E-state index in [9.17, 15) is 10.1 Å². The van der Waals surface area contributed by atoms with Crippen molar-refractivity contribution in [3.05, 3.63) is 27.8 Å². The molecule has 0 fully saturated rings. The topological polar surface area (TPSA) is 81.2 Å². The van der Waals surface area contributed by atoms with Crippen LogP contribution in [0.25, 0.3) is 0 Å². The third-order valence-electron chi connectivity index (χ3n) is 2.14. The van der Waals surface area contributed by atoms with Crippen LogP contribution in [0.3, 0.4) is 0 Å². The minimum atomic E-state index is -0.466. The summed E-state index contributed by atoms with van der Waals surface area (Å²) in [6.07, 6.45) is 0.970. The quantitative estimate of drug-likeness (QED) is 0.453. The monoisotopic (exact) mass is 209 g/mol. The Labute approximate surface area is 88.4 Å². The Balaban J connectivity index is 3.06. The smallest absolute Gasteiger partial charge is 0.294 e.